The molecule has 0 saturated heterocycles. The van der Waals surface area contributed by atoms with Gasteiger partial charge in [0, 0.05) is 21.5 Å². The van der Waals surface area contributed by atoms with Crippen LogP contribution in [0.1, 0.15) is 84.9 Å². The van der Waals surface area contributed by atoms with Crippen LogP contribution >= 0.6 is 0 Å². The number of hydrogen-bond donors (Lipinski definition) is 0. The van der Waals surface area contributed by atoms with Gasteiger partial charge in [-0.05, 0) is 87.0 Å². The molecule has 0 unspecified atom stereocenters. The largest absolute Gasteiger partial charge is 0.456 e. The van der Waals surface area contributed by atoms with Crippen LogP contribution in [0.15, 0.2) is 101 Å². The summed E-state index contributed by atoms with van der Waals surface area (Å²) in [5, 5.41) is 4.05. The van der Waals surface area contributed by atoms with Gasteiger partial charge in [0.15, 0.2) is 0 Å². The molecule has 216 valence electrons. The van der Waals surface area contributed by atoms with Crippen molar-refractivity contribution in [2.24, 2.45) is 0 Å². The second kappa shape index (κ2) is 9.61. The number of hydrogen-bond acceptors (Lipinski definition) is 1. The molecule has 2 heterocycles. The quantitative estimate of drug-likeness (QED) is 0.207. The Labute approximate surface area is 262 Å². The molecule has 0 spiro atoms. The van der Waals surface area contributed by atoms with Gasteiger partial charge in [-0.25, -0.2) is 0 Å². The van der Waals surface area contributed by atoms with Gasteiger partial charge in [-0.2, -0.15) is 0 Å². The Morgan fingerprint density at radius 3 is 2.05 bits per heavy atom. The van der Waals surface area contributed by atoms with Crippen LogP contribution in [0.5, 0.6) is 0 Å². The van der Waals surface area contributed by atoms with E-state index in [4.69, 9.17) is 11.3 Å². The average Bonchev–Trinajstić information content (AvgIpc) is 3.56. The first-order valence-corrected chi connectivity index (χ1v) is 15.2. The molecule has 0 saturated carbocycles. The summed E-state index contributed by atoms with van der Waals surface area (Å²) in [6, 6.07) is 21.8. The second-order valence-electron chi connectivity index (χ2n) is 14.1. The summed E-state index contributed by atoms with van der Waals surface area (Å²) in [6.07, 6.45) is 0. The highest BCUT2D eigenvalue weighted by atomic mass is 16.3. The van der Waals surface area contributed by atoms with E-state index < -0.39 is 6.04 Å². The van der Waals surface area contributed by atoms with Crippen LogP contribution in [0, 0.1) is 0 Å². The van der Waals surface area contributed by atoms with Crippen molar-refractivity contribution in [3.8, 4) is 16.8 Å². The number of nitrogens with zero attached hydrogens (tertiary/aromatic N) is 1. The third kappa shape index (κ3) is 4.38. The molecule has 0 aliphatic rings. The molecule has 0 amide bonds. The SMILES string of the molecule is [2H]c1c([2H])c([2H])c(-c2cccc3oc4ccc(-n5c6ccc(C(C)C)cc6c6cc(C(C)(C)C)ccc65)c(C(C)(C)C)c4c23)c([2H])c1[2H]. The molecule has 0 aliphatic heterocycles. The Hall–Kier alpha value is -4.30. The molecule has 0 bridgehead atoms. The van der Waals surface area contributed by atoms with Gasteiger partial charge in [0.25, 0.3) is 0 Å². The fourth-order valence-electron chi connectivity index (χ4n) is 6.56. The lowest BCUT2D eigenvalue weighted by Gasteiger charge is -2.26. The first kappa shape index (κ1) is 22.3. The van der Waals surface area contributed by atoms with E-state index in [9.17, 15) is 0 Å². The maximum absolute atomic E-state index is 8.82. The predicted molar refractivity (Wildman–Crippen MR) is 185 cm³/mol. The lowest BCUT2D eigenvalue weighted by atomic mass is 9.82. The molecular formula is C41H41NO. The van der Waals surface area contributed by atoms with E-state index in [1.807, 2.05) is 24.3 Å². The summed E-state index contributed by atoms with van der Waals surface area (Å²) in [5.74, 6) is 0.386. The molecule has 0 atom stereocenters. The zero-order valence-electron chi connectivity index (χ0n) is 31.3. The monoisotopic (exact) mass is 568 g/mol. The van der Waals surface area contributed by atoms with Crippen molar-refractivity contribution in [3.63, 3.8) is 0 Å². The van der Waals surface area contributed by atoms with Gasteiger partial charge in [-0.1, -0.05) is 110 Å². The first-order valence-electron chi connectivity index (χ1n) is 17.7. The lowest BCUT2D eigenvalue weighted by molar-refractivity contribution is 0.591. The highest BCUT2D eigenvalue weighted by Gasteiger charge is 2.28. The van der Waals surface area contributed by atoms with Crippen LogP contribution in [-0.2, 0) is 10.8 Å². The van der Waals surface area contributed by atoms with Gasteiger partial charge in [-0.15, -0.1) is 0 Å². The van der Waals surface area contributed by atoms with Gasteiger partial charge < -0.3 is 8.98 Å². The van der Waals surface area contributed by atoms with Crippen molar-refractivity contribution in [2.75, 3.05) is 0 Å². The smallest absolute Gasteiger partial charge is 0.136 e. The Bertz CT molecular complexity index is 2420. The summed E-state index contributed by atoms with van der Waals surface area (Å²) in [6.45, 7) is 17.8. The fraction of sp³-hybridized carbons (Fsp3) is 0.268. The van der Waals surface area contributed by atoms with Crippen molar-refractivity contribution in [2.45, 2.75) is 72.1 Å². The number of rotatable bonds is 3. The van der Waals surface area contributed by atoms with E-state index in [0.29, 0.717) is 22.6 Å². The van der Waals surface area contributed by atoms with E-state index in [1.165, 1.54) is 21.9 Å². The third-order valence-electron chi connectivity index (χ3n) is 8.72. The Balaban J connectivity index is 1.66. The van der Waals surface area contributed by atoms with Crippen molar-refractivity contribution < 1.29 is 11.3 Å². The van der Waals surface area contributed by atoms with E-state index in [2.05, 4.69) is 102 Å². The fourth-order valence-corrected chi connectivity index (χ4v) is 6.56. The molecule has 7 aromatic rings. The predicted octanol–water partition coefficient (Wildman–Crippen LogP) is 12.1. The van der Waals surface area contributed by atoms with Crippen LogP contribution in [0.3, 0.4) is 0 Å². The molecule has 0 N–H and O–H groups in total. The van der Waals surface area contributed by atoms with Crippen LogP contribution in [0.25, 0.3) is 60.6 Å². The van der Waals surface area contributed by atoms with Gasteiger partial charge in [-0.3, -0.25) is 0 Å². The van der Waals surface area contributed by atoms with Crippen molar-refractivity contribution in [1.82, 2.24) is 4.57 Å². The lowest BCUT2D eigenvalue weighted by Crippen LogP contribution is -2.16. The topological polar surface area (TPSA) is 18.1 Å². The summed E-state index contributed by atoms with van der Waals surface area (Å²) in [4.78, 5) is 0. The Kier molecular flexibility index (Phi) is 4.98. The molecule has 0 radical (unpaired) electrons. The maximum Gasteiger partial charge on any atom is 0.136 e. The molecule has 43 heavy (non-hydrogen) atoms. The Morgan fingerprint density at radius 1 is 0.698 bits per heavy atom. The minimum absolute atomic E-state index is 0.0107. The summed E-state index contributed by atoms with van der Waals surface area (Å²) in [5.41, 5.74) is 8.53. The summed E-state index contributed by atoms with van der Waals surface area (Å²) >= 11 is 0. The maximum atomic E-state index is 8.82. The number of aromatic nitrogens is 1. The zero-order chi connectivity index (χ0) is 34.6. The van der Waals surface area contributed by atoms with E-state index in [0.717, 1.165) is 33.1 Å². The molecule has 2 nitrogen and oxygen atoms in total. The molecular weight excluding hydrogens is 522 g/mol. The first-order chi connectivity index (χ1) is 22.5. The molecule has 0 fully saturated rings. The molecule has 2 heteroatoms. The van der Waals surface area contributed by atoms with E-state index in [1.54, 1.807) is 0 Å². The minimum atomic E-state index is -0.405. The number of furan rings is 1. The number of benzene rings is 5. The van der Waals surface area contributed by atoms with Crippen molar-refractivity contribution >= 4 is 43.7 Å². The molecule has 5 aromatic carbocycles. The molecule has 0 aliphatic carbocycles. The average molecular weight is 569 g/mol. The summed E-state index contributed by atoms with van der Waals surface area (Å²) < 4.78 is 51.5. The van der Waals surface area contributed by atoms with Gasteiger partial charge in [0.2, 0.25) is 0 Å². The highest BCUT2D eigenvalue weighted by molar-refractivity contribution is 6.16. The normalized spacial score (nSPS) is 14.5. The van der Waals surface area contributed by atoms with E-state index in [-0.39, 0.29) is 40.6 Å². The van der Waals surface area contributed by atoms with E-state index >= 15 is 0 Å². The molecule has 7 rings (SSSR count). The number of fused-ring (bicyclic) bond motifs is 6. The standard InChI is InChI=1S/C41H41NO/c1-25(2)27-17-19-32-30(23-27)31-24-28(40(3,4)5)18-20-33(31)42(32)34-21-22-36-38(39(34)41(6,7)8)37-29(15-12-16-35(37)43-36)26-13-10-9-11-14-26/h9-25H,1-8H3/i9D,10D,11D,13D,14D. The van der Waals surface area contributed by atoms with Crippen LogP contribution in [0.4, 0.5) is 0 Å². The van der Waals surface area contributed by atoms with Crippen LogP contribution in [-0.4, -0.2) is 4.57 Å². The Morgan fingerprint density at radius 2 is 1.37 bits per heavy atom. The van der Waals surface area contributed by atoms with Gasteiger partial charge in [0.1, 0.15) is 11.2 Å². The van der Waals surface area contributed by atoms with Crippen molar-refractivity contribution in [3.05, 3.63) is 114 Å². The summed E-state index contributed by atoms with van der Waals surface area (Å²) in [7, 11) is 0. The second-order valence-corrected chi connectivity index (χ2v) is 14.1. The third-order valence-corrected chi connectivity index (χ3v) is 8.72. The minimum Gasteiger partial charge on any atom is -0.456 e. The van der Waals surface area contributed by atoms with Gasteiger partial charge in [0.05, 0.1) is 23.6 Å². The zero-order valence-corrected chi connectivity index (χ0v) is 26.3. The van der Waals surface area contributed by atoms with Crippen LogP contribution < -0.4 is 0 Å². The van der Waals surface area contributed by atoms with Crippen molar-refractivity contribution in [1.29, 1.82) is 0 Å². The molecule has 2 aromatic heterocycles. The van der Waals surface area contributed by atoms with Gasteiger partial charge >= 0.3 is 0 Å². The van der Waals surface area contributed by atoms with Crippen LogP contribution in [0.2, 0.25) is 0 Å². The highest BCUT2D eigenvalue weighted by Crippen LogP contribution is 2.46.